The summed E-state index contributed by atoms with van der Waals surface area (Å²) < 4.78 is 6.27. The van der Waals surface area contributed by atoms with E-state index in [4.69, 9.17) is 10.5 Å². The third kappa shape index (κ3) is 11.2. The second-order valence-corrected chi connectivity index (χ2v) is 17.9. The van der Waals surface area contributed by atoms with Gasteiger partial charge in [-0.05, 0) is 124 Å². The lowest BCUT2D eigenvalue weighted by Gasteiger charge is -2.61. The number of unbranched alkanes of at least 4 members (excludes halogenated alkanes) is 1. The Kier molecular flexibility index (Phi) is 16.8. The molecule has 5 rings (SSSR count). The minimum absolute atomic E-state index is 0.0459. The highest BCUT2D eigenvalue weighted by Crippen LogP contribution is 2.68. The first-order chi connectivity index (χ1) is 25.7. The van der Waals surface area contributed by atoms with E-state index in [-0.39, 0.29) is 5.91 Å². The predicted molar refractivity (Wildman–Crippen MR) is 209 cm³/mol. The smallest absolute Gasteiger partial charge is 0.234 e. The fourth-order valence-corrected chi connectivity index (χ4v) is 11.9. The van der Waals surface area contributed by atoms with E-state index in [2.05, 4.69) is 38.8 Å². The molecule has 11 nitrogen and oxygen atoms in total. The molecular formula is C42H74N6O5. The van der Waals surface area contributed by atoms with E-state index in [1.807, 2.05) is 0 Å². The monoisotopic (exact) mass is 743 g/mol. The molecule has 0 aromatic carbocycles. The third-order valence-electron chi connectivity index (χ3n) is 15.1. The van der Waals surface area contributed by atoms with Gasteiger partial charge in [-0.2, -0.15) is 0 Å². The van der Waals surface area contributed by atoms with Crippen LogP contribution in [-0.4, -0.2) is 149 Å². The van der Waals surface area contributed by atoms with Crippen LogP contribution in [0.3, 0.4) is 0 Å². The van der Waals surface area contributed by atoms with Crippen molar-refractivity contribution in [1.29, 1.82) is 0 Å². The molecule has 0 spiro atoms. The summed E-state index contributed by atoms with van der Waals surface area (Å²) in [6, 6.07) is 0. The van der Waals surface area contributed by atoms with Gasteiger partial charge < -0.3 is 30.2 Å². The molecule has 0 aromatic heterocycles. The van der Waals surface area contributed by atoms with Gasteiger partial charge in [-0.25, -0.2) is 0 Å². The lowest BCUT2D eigenvalue weighted by molar-refractivity contribution is -0.134. The Balaban J connectivity index is 1.05. The van der Waals surface area contributed by atoms with Gasteiger partial charge >= 0.3 is 0 Å². The molecule has 5 fully saturated rings. The number of ether oxygens (including phenoxy) is 1. The number of nitrogens with two attached hydrogens (primary N) is 1. The summed E-state index contributed by atoms with van der Waals surface area (Å²) in [6.45, 7) is 14.2. The lowest BCUT2D eigenvalue weighted by atomic mass is 9.44. The van der Waals surface area contributed by atoms with Gasteiger partial charge in [0.1, 0.15) is 18.9 Å². The van der Waals surface area contributed by atoms with Crippen LogP contribution in [0.1, 0.15) is 97.3 Å². The van der Waals surface area contributed by atoms with E-state index in [0.29, 0.717) is 102 Å². The van der Waals surface area contributed by atoms with Gasteiger partial charge in [-0.1, -0.05) is 20.3 Å². The molecule has 302 valence electrons. The molecule has 5 aliphatic rings. The Labute approximate surface area is 320 Å². The molecule has 1 amide bonds. The number of rotatable bonds is 17. The number of nitrogens with zero attached hydrogens (tertiary/aromatic N) is 4. The Hall–Kier alpha value is -1.76. The molecule has 1 saturated heterocycles. The summed E-state index contributed by atoms with van der Waals surface area (Å²) in [5.41, 5.74) is 6.68. The number of nitrogens with one attached hydrogen (secondary N) is 1. The van der Waals surface area contributed by atoms with Crippen molar-refractivity contribution >= 4 is 24.8 Å². The van der Waals surface area contributed by atoms with Crippen molar-refractivity contribution in [1.82, 2.24) is 24.9 Å². The molecule has 11 heteroatoms. The molecule has 5 unspecified atom stereocenters. The van der Waals surface area contributed by atoms with E-state index < -0.39 is 0 Å². The first kappa shape index (κ1) is 42.4. The van der Waals surface area contributed by atoms with Gasteiger partial charge in [0.2, 0.25) is 5.91 Å². The quantitative estimate of drug-likeness (QED) is 0.169. The maximum absolute atomic E-state index is 13.2. The molecule has 0 bridgehead atoms. The van der Waals surface area contributed by atoms with Crippen LogP contribution in [0.2, 0.25) is 0 Å². The number of carbonyl (C=O) groups excluding carboxylic acids is 4. The summed E-state index contributed by atoms with van der Waals surface area (Å²) in [7, 11) is 0. The van der Waals surface area contributed by atoms with Crippen LogP contribution in [0.25, 0.3) is 0 Å². The van der Waals surface area contributed by atoms with Gasteiger partial charge in [0, 0.05) is 65.5 Å². The standard InChI is InChI=1S/C42H74N6O5/c1-41-14-12-39-37(9-7-35-32-36(53-31-5-15-43)11-13-42(35,39)2)38(41)10-8-34(41)6-3-4-16-44-40(52)33-48-23-21-46(26-29-50)19-17-45(25-28-49)18-20-47(22-24-48)27-30-51/h28-30,34-39H,3-27,31-33,43H2,1-2H3,(H,44,52)/t34?,35?,36-,37?,38?,39+,41-,42?/m1/s1. The van der Waals surface area contributed by atoms with Crippen molar-refractivity contribution in [2.45, 2.75) is 103 Å². The highest BCUT2D eigenvalue weighted by atomic mass is 16.5. The number of fused-ring (bicyclic) bond motifs is 5. The van der Waals surface area contributed by atoms with Gasteiger partial charge in [-0.3, -0.25) is 24.4 Å². The van der Waals surface area contributed by atoms with Crippen molar-refractivity contribution < 1.29 is 23.9 Å². The second-order valence-electron chi connectivity index (χ2n) is 17.9. The maximum Gasteiger partial charge on any atom is 0.234 e. The zero-order valence-electron chi connectivity index (χ0n) is 33.4. The molecule has 4 aliphatic carbocycles. The van der Waals surface area contributed by atoms with E-state index >= 15 is 0 Å². The highest BCUT2D eigenvalue weighted by molar-refractivity contribution is 5.78. The Morgan fingerprint density at radius 2 is 1.30 bits per heavy atom. The molecule has 4 saturated carbocycles. The molecule has 0 aromatic rings. The summed E-state index contributed by atoms with van der Waals surface area (Å²) in [4.78, 5) is 55.6. The number of amides is 1. The average molecular weight is 743 g/mol. The van der Waals surface area contributed by atoms with Crippen LogP contribution in [0, 0.1) is 40.4 Å². The lowest BCUT2D eigenvalue weighted by Crippen LogP contribution is -2.54. The van der Waals surface area contributed by atoms with Crippen molar-refractivity contribution in [3.63, 3.8) is 0 Å². The Morgan fingerprint density at radius 1 is 0.717 bits per heavy atom. The summed E-state index contributed by atoms with van der Waals surface area (Å²) in [5, 5.41) is 3.21. The fourth-order valence-electron chi connectivity index (χ4n) is 11.9. The Morgan fingerprint density at radius 3 is 1.91 bits per heavy atom. The van der Waals surface area contributed by atoms with Gasteiger partial charge in [0.15, 0.2) is 0 Å². The first-order valence-corrected chi connectivity index (χ1v) is 21.5. The highest BCUT2D eigenvalue weighted by Gasteiger charge is 2.60. The topological polar surface area (TPSA) is 129 Å². The van der Waals surface area contributed by atoms with Crippen LogP contribution in [0.4, 0.5) is 0 Å². The number of hydrogen-bond acceptors (Lipinski definition) is 10. The number of carbonyl (C=O) groups is 4. The minimum Gasteiger partial charge on any atom is -0.378 e. The fraction of sp³-hybridized carbons (Fsp3) is 0.905. The number of aldehydes is 3. The molecule has 1 aliphatic heterocycles. The van der Waals surface area contributed by atoms with Crippen molar-refractivity contribution in [2.24, 2.45) is 46.2 Å². The van der Waals surface area contributed by atoms with Crippen LogP contribution in [-0.2, 0) is 23.9 Å². The van der Waals surface area contributed by atoms with E-state index in [1.165, 1.54) is 70.6 Å². The van der Waals surface area contributed by atoms with Crippen LogP contribution in [0.5, 0.6) is 0 Å². The normalized spacial score (nSPS) is 35.2. The van der Waals surface area contributed by atoms with Gasteiger partial charge in [0.05, 0.1) is 32.3 Å². The maximum atomic E-state index is 13.2. The molecular weight excluding hydrogens is 668 g/mol. The van der Waals surface area contributed by atoms with Crippen molar-refractivity contribution in [2.75, 3.05) is 98.2 Å². The van der Waals surface area contributed by atoms with Crippen LogP contribution >= 0.6 is 0 Å². The molecule has 8 atom stereocenters. The second kappa shape index (κ2) is 21.0. The summed E-state index contributed by atoms with van der Waals surface area (Å²) >= 11 is 0. The molecule has 1 heterocycles. The molecule has 53 heavy (non-hydrogen) atoms. The summed E-state index contributed by atoms with van der Waals surface area (Å²) in [5.74, 6) is 4.33. The average Bonchev–Trinajstić information content (AvgIpc) is 3.48. The molecule has 0 radical (unpaired) electrons. The van der Waals surface area contributed by atoms with Gasteiger partial charge in [0.25, 0.3) is 0 Å². The minimum atomic E-state index is 0.0459. The zero-order chi connectivity index (χ0) is 37.7. The van der Waals surface area contributed by atoms with Gasteiger partial charge in [-0.15, -0.1) is 0 Å². The predicted octanol–water partition coefficient (Wildman–Crippen LogP) is 3.48. The van der Waals surface area contributed by atoms with E-state index in [9.17, 15) is 19.2 Å². The Bertz CT molecular complexity index is 1140. The van der Waals surface area contributed by atoms with E-state index in [1.54, 1.807) is 0 Å². The van der Waals surface area contributed by atoms with Crippen LogP contribution < -0.4 is 11.1 Å². The van der Waals surface area contributed by atoms with Crippen molar-refractivity contribution in [3.8, 4) is 0 Å². The largest absolute Gasteiger partial charge is 0.378 e. The van der Waals surface area contributed by atoms with Crippen molar-refractivity contribution in [3.05, 3.63) is 0 Å². The molecule has 3 N–H and O–H groups in total. The van der Waals surface area contributed by atoms with Crippen LogP contribution in [0.15, 0.2) is 0 Å². The third-order valence-corrected chi connectivity index (χ3v) is 15.1. The summed E-state index contributed by atoms with van der Waals surface area (Å²) in [6.07, 6.45) is 19.8. The first-order valence-electron chi connectivity index (χ1n) is 21.5. The number of hydrogen-bond donors (Lipinski definition) is 2. The zero-order valence-corrected chi connectivity index (χ0v) is 33.4. The SMILES string of the molecule is CC12CC[C@@H](OCCCN)CC1CCC1C3CCC(CCCCNC(=O)CN4CCN(CC=O)CCN(CC=O)CCN(CC=O)CC4)[C@@]3(C)CC[C@@H]12. The van der Waals surface area contributed by atoms with E-state index in [0.717, 1.165) is 74.4 Å².